The van der Waals surface area contributed by atoms with Gasteiger partial charge in [-0.05, 0) is 38.6 Å². The lowest BCUT2D eigenvalue weighted by Crippen LogP contribution is -2.46. The summed E-state index contributed by atoms with van der Waals surface area (Å²) in [5.74, 6) is 0.905. The number of nitrogens with zero attached hydrogens (tertiary/aromatic N) is 1. The van der Waals surface area contributed by atoms with Crippen LogP contribution < -0.4 is 10.5 Å². The Balaban J connectivity index is 2.23. The van der Waals surface area contributed by atoms with Crippen molar-refractivity contribution in [1.82, 2.24) is 4.90 Å². The minimum Gasteiger partial charge on any atom is -0.491 e. The first-order valence-corrected chi connectivity index (χ1v) is 6.90. The fourth-order valence-electron chi connectivity index (χ4n) is 2.57. The van der Waals surface area contributed by atoms with Crippen LogP contribution in [0.15, 0.2) is 24.3 Å². The normalized spacial score (nSPS) is 24.7. The summed E-state index contributed by atoms with van der Waals surface area (Å²) >= 11 is 0. The zero-order valence-electron chi connectivity index (χ0n) is 12.0. The number of nitrogens with two attached hydrogens (primary N) is 1. The van der Waals surface area contributed by atoms with Gasteiger partial charge in [-0.1, -0.05) is 12.1 Å². The van der Waals surface area contributed by atoms with Crippen LogP contribution in [0.1, 0.15) is 25.5 Å². The van der Waals surface area contributed by atoms with E-state index >= 15 is 0 Å². The molecule has 2 atom stereocenters. The maximum absolute atomic E-state index is 5.83. The summed E-state index contributed by atoms with van der Waals surface area (Å²) in [5.41, 5.74) is 7.03. The Bertz CT molecular complexity index is 409. The van der Waals surface area contributed by atoms with Gasteiger partial charge in [0.1, 0.15) is 5.75 Å². The van der Waals surface area contributed by atoms with E-state index in [-0.39, 0.29) is 18.2 Å². The van der Waals surface area contributed by atoms with E-state index in [2.05, 4.69) is 24.1 Å². The van der Waals surface area contributed by atoms with Crippen LogP contribution in [0.25, 0.3) is 0 Å². The van der Waals surface area contributed by atoms with Crippen LogP contribution in [0.3, 0.4) is 0 Å². The Morgan fingerprint density at radius 3 is 2.95 bits per heavy atom. The first kappa shape index (κ1) is 14.3. The lowest BCUT2D eigenvalue weighted by molar-refractivity contribution is -0.0577. The van der Waals surface area contributed by atoms with Gasteiger partial charge in [0.2, 0.25) is 0 Å². The molecule has 0 saturated carbocycles. The molecule has 0 bridgehead atoms. The summed E-state index contributed by atoms with van der Waals surface area (Å²) in [6, 6.07) is 8.44. The van der Waals surface area contributed by atoms with Crippen LogP contribution in [0.4, 0.5) is 0 Å². The van der Waals surface area contributed by atoms with Crippen LogP contribution >= 0.6 is 0 Å². The third-order valence-electron chi connectivity index (χ3n) is 3.41. The van der Waals surface area contributed by atoms with Gasteiger partial charge in [0.05, 0.1) is 24.9 Å². The van der Waals surface area contributed by atoms with Crippen molar-refractivity contribution in [3.63, 3.8) is 0 Å². The Morgan fingerprint density at radius 2 is 2.26 bits per heavy atom. The number of rotatable bonds is 4. The van der Waals surface area contributed by atoms with Gasteiger partial charge in [0.25, 0.3) is 0 Å². The van der Waals surface area contributed by atoms with Crippen molar-refractivity contribution < 1.29 is 9.47 Å². The zero-order valence-corrected chi connectivity index (χ0v) is 12.0. The highest BCUT2D eigenvalue weighted by Crippen LogP contribution is 2.30. The molecule has 4 heteroatoms. The summed E-state index contributed by atoms with van der Waals surface area (Å²) in [6.45, 7) is 6.27. The molecule has 0 aromatic heterocycles. The van der Waals surface area contributed by atoms with E-state index in [1.54, 1.807) is 0 Å². The van der Waals surface area contributed by atoms with Crippen LogP contribution in [0, 0.1) is 0 Å². The number of ether oxygens (including phenoxy) is 2. The predicted molar refractivity (Wildman–Crippen MR) is 76.4 cm³/mol. The SMILES string of the molecule is CC(C)Oc1cccc(C2C(CN)OCCN2C)c1. The monoisotopic (exact) mass is 264 g/mol. The van der Waals surface area contributed by atoms with Crippen molar-refractivity contribution in [2.24, 2.45) is 5.73 Å². The van der Waals surface area contributed by atoms with Gasteiger partial charge in [-0.15, -0.1) is 0 Å². The van der Waals surface area contributed by atoms with Gasteiger partial charge in [-0.2, -0.15) is 0 Å². The molecule has 106 valence electrons. The molecule has 1 aliphatic heterocycles. The van der Waals surface area contributed by atoms with Crippen molar-refractivity contribution >= 4 is 0 Å². The number of likely N-dealkylation sites (N-methyl/N-ethyl adjacent to an activating group) is 1. The first-order chi connectivity index (χ1) is 9.11. The maximum atomic E-state index is 5.83. The van der Waals surface area contributed by atoms with Crippen molar-refractivity contribution in [3.8, 4) is 5.75 Å². The molecule has 1 aliphatic rings. The zero-order chi connectivity index (χ0) is 13.8. The van der Waals surface area contributed by atoms with Crippen molar-refractivity contribution in [3.05, 3.63) is 29.8 Å². The van der Waals surface area contributed by atoms with Crippen molar-refractivity contribution in [2.75, 3.05) is 26.7 Å². The largest absolute Gasteiger partial charge is 0.491 e. The molecular weight excluding hydrogens is 240 g/mol. The number of hydrogen-bond donors (Lipinski definition) is 1. The third kappa shape index (κ3) is 3.47. The summed E-state index contributed by atoms with van der Waals surface area (Å²) in [4.78, 5) is 2.30. The summed E-state index contributed by atoms with van der Waals surface area (Å²) < 4.78 is 11.5. The fraction of sp³-hybridized carbons (Fsp3) is 0.600. The van der Waals surface area contributed by atoms with E-state index in [0.717, 1.165) is 18.9 Å². The minimum atomic E-state index is 0.0491. The molecule has 0 aliphatic carbocycles. The molecule has 1 heterocycles. The van der Waals surface area contributed by atoms with Gasteiger partial charge >= 0.3 is 0 Å². The van der Waals surface area contributed by atoms with E-state index in [4.69, 9.17) is 15.2 Å². The van der Waals surface area contributed by atoms with E-state index in [1.165, 1.54) is 5.56 Å². The topological polar surface area (TPSA) is 47.7 Å². The molecule has 2 rings (SSSR count). The molecule has 1 aromatic rings. The Morgan fingerprint density at radius 1 is 1.47 bits per heavy atom. The van der Waals surface area contributed by atoms with E-state index < -0.39 is 0 Å². The summed E-state index contributed by atoms with van der Waals surface area (Å²) in [5, 5.41) is 0. The molecule has 0 amide bonds. The molecule has 4 nitrogen and oxygen atoms in total. The van der Waals surface area contributed by atoms with Gasteiger partial charge in [-0.3, -0.25) is 4.90 Å². The number of morpholine rings is 1. The highest BCUT2D eigenvalue weighted by molar-refractivity contribution is 5.31. The smallest absolute Gasteiger partial charge is 0.120 e. The molecule has 19 heavy (non-hydrogen) atoms. The highest BCUT2D eigenvalue weighted by atomic mass is 16.5. The lowest BCUT2D eigenvalue weighted by Gasteiger charge is -2.39. The van der Waals surface area contributed by atoms with Crippen LogP contribution in [-0.2, 0) is 4.74 Å². The lowest BCUT2D eigenvalue weighted by atomic mass is 9.98. The number of benzene rings is 1. The average molecular weight is 264 g/mol. The Labute approximate surface area is 115 Å². The van der Waals surface area contributed by atoms with Crippen LogP contribution in [0.5, 0.6) is 5.75 Å². The average Bonchev–Trinajstić information content (AvgIpc) is 2.37. The van der Waals surface area contributed by atoms with Gasteiger partial charge in [0.15, 0.2) is 0 Å². The van der Waals surface area contributed by atoms with E-state index in [9.17, 15) is 0 Å². The molecule has 1 saturated heterocycles. The van der Waals surface area contributed by atoms with Crippen LogP contribution in [0.2, 0.25) is 0 Å². The molecule has 2 unspecified atom stereocenters. The second-order valence-corrected chi connectivity index (χ2v) is 5.31. The quantitative estimate of drug-likeness (QED) is 0.901. The Hall–Kier alpha value is -1.10. The standard InChI is InChI=1S/C15H24N2O2/c1-11(2)19-13-6-4-5-12(9-13)15-14(10-16)18-8-7-17(15)3/h4-6,9,11,14-15H,7-8,10,16H2,1-3H3. The van der Waals surface area contributed by atoms with Gasteiger partial charge < -0.3 is 15.2 Å². The maximum Gasteiger partial charge on any atom is 0.120 e. The van der Waals surface area contributed by atoms with Crippen LogP contribution in [-0.4, -0.2) is 43.9 Å². The van der Waals surface area contributed by atoms with E-state index in [0.29, 0.717) is 6.54 Å². The fourth-order valence-corrected chi connectivity index (χ4v) is 2.57. The Kier molecular flexibility index (Phi) is 4.80. The van der Waals surface area contributed by atoms with Crippen molar-refractivity contribution in [2.45, 2.75) is 32.1 Å². The summed E-state index contributed by atoms with van der Waals surface area (Å²) in [7, 11) is 2.12. The third-order valence-corrected chi connectivity index (χ3v) is 3.41. The van der Waals surface area contributed by atoms with Crippen molar-refractivity contribution in [1.29, 1.82) is 0 Å². The second kappa shape index (κ2) is 6.37. The number of hydrogen-bond acceptors (Lipinski definition) is 4. The van der Waals surface area contributed by atoms with E-state index in [1.807, 2.05) is 26.0 Å². The predicted octanol–water partition coefficient (Wildman–Crippen LogP) is 1.80. The molecular formula is C15H24N2O2. The molecule has 1 aromatic carbocycles. The first-order valence-electron chi connectivity index (χ1n) is 6.90. The minimum absolute atomic E-state index is 0.0491. The summed E-state index contributed by atoms with van der Waals surface area (Å²) in [6.07, 6.45) is 0.231. The molecule has 2 N–H and O–H groups in total. The molecule has 1 fully saturated rings. The highest BCUT2D eigenvalue weighted by Gasteiger charge is 2.30. The van der Waals surface area contributed by atoms with Gasteiger partial charge in [0, 0.05) is 13.1 Å². The molecule has 0 spiro atoms. The second-order valence-electron chi connectivity index (χ2n) is 5.31. The molecule has 0 radical (unpaired) electrons. The van der Waals surface area contributed by atoms with Gasteiger partial charge in [-0.25, -0.2) is 0 Å².